The minimum Gasteiger partial charge on any atom is -0.444 e. The molecule has 0 aliphatic heterocycles. The van der Waals surface area contributed by atoms with Crippen LogP contribution < -0.4 is 0 Å². The molecule has 0 aromatic carbocycles. The molecule has 1 amide bonds. The summed E-state index contributed by atoms with van der Waals surface area (Å²) in [4.78, 5) is 13.1. The topological polar surface area (TPSA) is 29.5 Å². The summed E-state index contributed by atoms with van der Waals surface area (Å²) in [5.41, 5.74) is -0.486. The first-order valence-corrected chi connectivity index (χ1v) is 4.93. The zero-order chi connectivity index (χ0) is 11.9. The number of nitrogens with zero attached hydrogens (tertiary/aromatic N) is 1. The summed E-state index contributed by atoms with van der Waals surface area (Å²) >= 11 is 0. The van der Waals surface area contributed by atoms with Crippen LogP contribution in [0.3, 0.4) is 0 Å². The molecular formula is C12H19NO2. The normalized spacial score (nSPS) is 11.1. The van der Waals surface area contributed by atoms with Gasteiger partial charge in [-0.25, -0.2) is 4.79 Å². The second-order valence-corrected chi connectivity index (χ2v) is 4.13. The van der Waals surface area contributed by atoms with Crippen molar-refractivity contribution in [2.45, 2.75) is 33.3 Å². The minimum absolute atomic E-state index is 0.263. The van der Waals surface area contributed by atoms with Crippen LogP contribution in [0.4, 0.5) is 4.79 Å². The zero-order valence-corrected chi connectivity index (χ0v) is 9.91. The van der Waals surface area contributed by atoms with Gasteiger partial charge in [0.25, 0.3) is 0 Å². The highest BCUT2D eigenvalue weighted by atomic mass is 16.6. The van der Waals surface area contributed by atoms with E-state index in [-0.39, 0.29) is 12.6 Å². The molecule has 0 aromatic rings. The Morgan fingerprint density at radius 1 is 1.53 bits per heavy atom. The van der Waals surface area contributed by atoms with Gasteiger partial charge in [0.2, 0.25) is 0 Å². The maximum absolute atomic E-state index is 11.6. The average Bonchev–Trinajstić information content (AvgIpc) is 2.09. The summed E-state index contributed by atoms with van der Waals surface area (Å²) in [6.07, 6.45) is 8.53. The van der Waals surface area contributed by atoms with Crippen molar-refractivity contribution < 1.29 is 9.53 Å². The fourth-order valence-electron chi connectivity index (χ4n) is 0.873. The Kier molecular flexibility index (Phi) is 5.54. The highest BCUT2D eigenvalue weighted by Gasteiger charge is 2.20. The van der Waals surface area contributed by atoms with E-state index in [1.54, 1.807) is 0 Å². The van der Waals surface area contributed by atoms with Crippen LogP contribution in [-0.2, 0) is 4.74 Å². The zero-order valence-electron chi connectivity index (χ0n) is 9.91. The van der Waals surface area contributed by atoms with Crippen LogP contribution in [0, 0.1) is 12.3 Å². The van der Waals surface area contributed by atoms with Crippen LogP contribution in [0.2, 0.25) is 0 Å². The molecule has 0 radical (unpaired) electrons. The van der Waals surface area contributed by atoms with Crippen LogP contribution in [0.15, 0.2) is 12.2 Å². The summed E-state index contributed by atoms with van der Waals surface area (Å²) in [5.74, 6) is 2.43. The molecule has 0 aromatic heterocycles. The molecule has 0 aliphatic carbocycles. The lowest BCUT2D eigenvalue weighted by Gasteiger charge is -2.25. The first-order valence-electron chi connectivity index (χ1n) is 4.93. The Bertz CT molecular complexity index is 268. The molecule has 0 fully saturated rings. The van der Waals surface area contributed by atoms with E-state index < -0.39 is 5.60 Å². The fourth-order valence-corrected chi connectivity index (χ4v) is 0.873. The summed E-state index contributed by atoms with van der Waals surface area (Å²) < 4.78 is 5.21. The summed E-state index contributed by atoms with van der Waals surface area (Å²) in [5, 5.41) is 0. The van der Waals surface area contributed by atoms with E-state index in [0.29, 0.717) is 6.54 Å². The molecule has 0 bridgehead atoms. The standard InChI is InChI=1S/C12H19NO2/c1-6-8-10-13(9-7-2)11(14)15-12(3,4)5/h2,6,8H,9-10H2,1,3-5H3/b8-6-. The van der Waals surface area contributed by atoms with Gasteiger partial charge in [0, 0.05) is 6.54 Å². The van der Waals surface area contributed by atoms with Crippen LogP contribution >= 0.6 is 0 Å². The first kappa shape index (κ1) is 13.6. The second kappa shape index (κ2) is 6.13. The number of ether oxygens (including phenoxy) is 1. The number of hydrogen-bond donors (Lipinski definition) is 0. The average molecular weight is 209 g/mol. The van der Waals surface area contributed by atoms with E-state index in [9.17, 15) is 4.79 Å². The molecule has 0 atom stereocenters. The Labute approximate surface area is 92.1 Å². The number of hydrogen-bond acceptors (Lipinski definition) is 2. The lowest BCUT2D eigenvalue weighted by Crippen LogP contribution is -2.37. The molecular weight excluding hydrogens is 190 g/mol. The summed E-state index contributed by atoms with van der Waals surface area (Å²) in [7, 11) is 0. The second-order valence-electron chi connectivity index (χ2n) is 4.13. The molecule has 15 heavy (non-hydrogen) atoms. The van der Waals surface area contributed by atoms with Crippen LogP contribution in [0.25, 0.3) is 0 Å². The van der Waals surface area contributed by atoms with Crippen LogP contribution in [0.5, 0.6) is 0 Å². The van der Waals surface area contributed by atoms with Gasteiger partial charge < -0.3 is 4.74 Å². The van der Waals surface area contributed by atoms with Gasteiger partial charge in [-0.1, -0.05) is 18.1 Å². The van der Waals surface area contributed by atoms with Crippen molar-refractivity contribution in [2.24, 2.45) is 0 Å². The quantitative estimate of drug-likeness (QED) is 0.527. The molecule has 0 rings (SSSR count). The molecule has 0 heterocycles. The predicted octanol–water partition coefficient (Wildman–Crippen LogP) is 2.43. The van der Waals surface area contributed by atoms with E-state index in [1.807, 2.05) is 39.8 Å². The number of carbonyl (C=O) groups excluding carboxylic acids is 1. The molecule has 0 unspecified atom stereocenters. The largest absolute Gasteiger partial charge is 0.444 e. The van der Waals surface area contributed by atoms with E-state index in [0.717, 1.165) is 0 Å². The van der Waals surface area contributed by atoms with Crippen molar-refractivity contribution in [1.29, 1.82) is 0 Å². The first-order chi connectivity index (χ1) is 6.90. The third-order valence-electron chi connectivity index (χ3n) is 1.50. The predicted molar refractivity (Wildman–Crippen MR) is 61.5 cm³/mol. The van der Waals surface area contributed by atoms with Gasteiger partial charge in [0.1, 0.15) is 5.60 Å². The van der Waals surface area contributed by atoms with Crippen molar-refractivity contribution in [2.75, 3.05) is 13.1 Å². The molecule has 0 N–H and O–H groups in total. The van der Waals surface area contributed by atoms with Gasteiger partial charge in [-0.15, -0.1) is 6.42 Å². The van der Waals surface area contributed by atoms with Gasteiger partial charge >= 0.3 is 6.09 Å². The molecule has 3 nitrogen and oxygen atoms in total. The van der Waals surface area contributed by atoms with E-state index in [4.69, 9.17) is 11.2 Å². The third-order valence-corrected chi connectivity index (χ3v) is 1.50. The van der Waals surface area contributed by atoms with E-state index in [2.05, 4.69) is 5.92 Å². The highest BCUT2D eigenvalue weighted by molar-refractivity contribution is 5.68. The maximum atomic E-state index is 11.6. The molecule has 84 valence electrons. The Morgan fingerprint density at radius 3 is 2.53 bits per heavy atom. The van der Waals surface area contributed by atoms with E-state index >= 15 is 0 Å². The monoisotopic (exact) mass is 209 g/mol. The van der Waals surface area contributed by atoms with Crippen LogP contribution in [0.1, 0.15) is 27.7 Å². The third kappa shape index (κ3) is 6.62. The van der Waals surface area contributed by atoms with E-state index in [1.165, 1.54) is 4.90 Å². The Balaban J connectivity index is 4.36. The SMILES string of the molecule is C#CCN(C/C=C\C)C(=O)OC(C)(C)C. The molecule has 3 heteroatoms. The molecule has 0 saturated heterocycles. The number of allylic oxidation sites excluding steroid dienone is 1. The lowest BCUT2D eigenvalue weighted by molar-refractivity contribution is 0.0296. The van der Waals surface area contributed by atoms with Gasteiger partial charge in [-0.05, 0) is 27.7 Å². The lowest BCUT2D eigenvalue weighted by atomic mass is 10.2. The molecule has 0 spiro atoms. The van der Waals surface area contributed by atoms with Crippen LogP contribution in [-0.4, -0.2) is 29.7 Å². The maximum Gasteiger partial charge on any atom is 0.411 e. The number of rotatable bonds is 3. The minimum atomic E-state index is -0.486. The van der Waals surface area contributed by atoms with Gasteiger partial charge in [-0.3, -0.25) is 4.90 Å². The number of carbonyl (C=O) groups is 1. The van der Waals surface area contributed by atoms with Crippen molar-refractivity contribution >= 4 is 6.09 Å². The van der Waals surface area contributed by atoms with Gasteiger partial charge in [0.05, 0.1) is 6.54 Å². The Hall–Kier alpha value is -1.43. The van der Waals surface area contributed by atoms with Crippen molar-refractivity contribution in [3.05, 3.63) is 12.2 Å². The number of terminal acetylenes is 1. The van der Waals surface area contributed by atoms with Gasteiger partial charge in [-0.2, -0.15) is 0 Å². The smallest absolute Gasteiger partial charge is 0.411 e. The summed E-state index contributed by atoms with van der Waals surface area (Å²) in [6.45, 7) is 8.12. The summed E-state index contributed by atoms with van der Waals surface area (Å²) in [6, 6.07) is 0. The number of amides is 1. The molecule has 0 saturated carbocycles. The van der Waals surface area contributed by atoms with Crippen molar-refractivity contribution in [1.82, 2.24) is 4.90 Å². The van der Waals surface area contributed by atoms with Crippen molar-refractivity contribution in [3.8, 4) is 12.3 Å². The van der Waals surface area contributed by atoms with Gasteiger partial charge in [0.15, 0.2) is 0 Å². The molecule has 0 aliphatic rings. The Morgan fingerprint density at radius 2 is 2.13 bits per heavy atom. The van der Waals surface area contributed by atoms with Crippen molar-refractivity contribution in [3.63, 3.8) is 0 Å². The highest BCUT2D eigenvalue weighted by Crippen LogP contribution is 2.09. The fraction of sp³-hybridized carbons (Fsp3) is 0.583.